The minimum atomic E-state index is -0.733. The van der Waals surface area contributed by atoms with Crippen LogP contribution in [0, 0.1) is 32.6 Å². The molecule has 114 valence electrons. The van der Waals surface area contributed by atoms with Crippen molar-refractivity contribution in [2.75, 3.05) is 5.43 Å². The fourth-order valence-corrected chi connectivity index (χ4v) is 1.77. The zero-order chi connectivity index (χ0) is 16.8. The number of terminal acetylenes is 1. The van der Waals surface area contributed by atoms with Crippen LogP contribution in [0.5, 0.6) is 0 Å². The van der Waals surface area contributed by atoms with Gasteiger partial charge in [0, 0.05) is 11.6 Å². The second-order valence-electron chi connectivity index (χ2n) is 4.30. The molecule has 0 aromatic heterocycles. The number of nitrogens with one attached hydrogen (secondary N) is 1. The summed E-state index contributed by atoms with van der Waals surface area (Å²) in [5, 5.41) is 25.7. The summed E-state index contributed by atoms with van der Waals surface area (Å²) >= 11 is 0. The molecule has 0 saturated heterocycles. The van der Waals surface area contributed by atoms with Crippen LogP contribution in [0.25, 0.3) is 0 Å². The smallest absolute Gasteiger partial charge is 0.270 e. The Labute approximate surface area is 130 Å². The van der Waals surface area contributed by atoms with Gasteiger partial charge in [-0.15, -0.1) is 6.42 Å². The largest absolute Gasteiger partial charge is 0.301 e. The van der Waals surface area contributed by atoms with Gasteiger partial charge in [-0.25, -0.2) is 0 Å². The van der Waals surface area contributed by atoms with E-state index in [1.807, 2.05) is 6.07 Å². The van der Waals surface area contributed by atoms with E-state index in [2.05, 4.69) is 16.4 Å². The lowest BCUT2D eigenvalue weighted by Gasteiger charge is -2.04. The summed E-state index contributed by atoms with van der Waals surface area (Å²) in [6.07, 6.45) is 5.39. The molecule has 0 fully saturated rings. The highest BCUT2D eigenvalue weighted by Gasteiger charge is 2.19. The molecule has 0 atom stereocenters. The summed E-state index contributed by atoms with van der Waals surface area (Å²) in [6, 6.07) is 12.0. The summed E-state index contributed by atoms with van der Waals surface area (Å²) in [5.41, 5.74) is 2.55. The first kappa shape index (κ1) is 15.7. The van der Waals surface area contributed by atoms with Crippen LogP contribution in [0.15, 0.2) is 53.6 Å². The van der Waals surface area contributed by atoms with E-state index < -0.39 is 15.5 Å². The predicted molar refractivity (Wildman–Crippen MR) is 85.2 cm³/mol. The summed E-state index contributed by atoms with van der Waals surface area (Å²) in [5.74, 6) is 2.38. The van der Waals surface area contributed by atoms with E-state index in [1.54, 1.807) is 24.3 Å². The molecule has 0 aliphatic rings. The molecule has 1 N–H and O–H groups in total. The van der Waals surface area contributed by atoms with Crippen molar-refractivity contribution in [1.29, 1.82) is 0 Å². The molecule has 0 amide bonds. The van der Waals surface area contributed by atoms with Gasteiger partial charge in [-0.1, -0.05) is 30.3 Å². The van der Waals surface area contributed by atoms with E-state index in [0.717, 1.165) is 12.1 Å². The molecule has 0 unspecified atom stereocenters. The quantitative estimate of drug-likeness (QED) is 0.395. The number of non-ortho nitro benzene ring substituents is 1. The topological polar surface area (TPSA) is 111 Å². The third-order valence-electron chi connectivity index (χ3n) is 2.86. The third-order valence-corrected chi connectivity index (χ3v) is 2.86. The Morgan fingerprint density at radius 3 is 2.35 bits per heavy atom. The van der Waals surface area contributed by atoms with E-state index in [-0.39, 0.29) is 17.1 Å². The number of nitro groups is 2. The maximum Gasteiger partial charge on any atom is 0.301 e. The maximum absolute atomic E-state index is 11.0. The molecule has 2 aromatic rings. The summed E-state index contributed by atoms with van der Waals surface area (Å²) in [6.45, 7) is 0. The summed E-state index contributed by atoms with van der Waals surface area (Å²) in [4.78, 5) is 20.3. The first-order valence-corrected chi connectivity index (χ1v) is 6.31. The maximum atomic E-state index is 11.0. The van der Waals surface area contributed by atoms with Crippen molar-refractivity contribution in [3.05, 3.63) is 74.3 Å². The highest BCUT2D eigenvalue weighted by molar-refractivity contribution is 6.12. The second-order valence-corrected chi connectivity index (χ2v) is 4.30. The first-order chi connectivity index (χ1) is 11.0. The number of nitrogens with zero attached hydrogens (tertiary/aromatic N) is 3. The zero-order valence-electron chi connectivity index (χ0n) is 11.7. The van der Waals surface area contributed by atoms with Gasteiger partial charge in [-0.2, -0.15) is 5.10 Å². The highest BCUT2D eigenvalue weighted by atomic mass is 16.6. The average molecular weight is 310 g/mol. The Kier molecular flexibility index (Phi) is 4.64. The Morgan fingerprint density at radius 1 is 1.09 bits per heavy atom. The van der Waals surface area contributed by atoms with Gasteiger partial charge >= 0.3 is 5.69 Å². The van der Waals surface area contributed by atoms with Crippen LogP contribution in [-0.2, 0) is 0 Å². The Morgan fingerprint density at radius 2 is 1.78 bits per heavy atom. The number of nitro benzene ring substituents is 2. The molecule has 0 aliphatic heterocycles. The van der Waals surface area contributed by atoms with Gasteiger partial charge in [0.15, 0.2) is 0 Å². The van der Waals surface area contributed by atoms with Crippen molar-refractivity contribution < 1.29 is 9.85 Å². The summed E-state index contributed by atoms with van der Waals surface area (Å²) in [7, 11) is 0. The normalized spacial score (nSPS) is 10.7. The van der Waals surface area contributed by atoms with E-state index in [4.69, 9.17) is 6.42 Å². The van der Waals surface area contributed by atoms with Gasteiger partial charge in [0.2, 0.25) is 0 Å². The van der Waals surface area contributed by atoms with Crippen LogP contribution < -0.4 is 5.43 Å². The van der Waals surface area contributed by atoms with Crippen LogP contribution in [-0.4, -0.2) is 15.6 Å². The fraction of sp³-hybridized carbons (Fsp3) is 0. The Balaban J connectivity index is 2.36. The number of hydrazone groups is 1. The number of hydrogen-bond acceptors (Lipinski definition) is 6. The molecule has 2 aromatic carbocycles. The van der Waals surface area contributed by atoms with Crippen molar-refractivity contribution in [3.8, 4) is 12.3 Å². The molecule has 8 heteroatoms. The number of hydrogen-bond donors (Lipinski definition) is 1. The Bertz CT molecular complexity index is 825. The Hall–Kier alpha value is -3.73. The van der Waals surface area contributed by atoms with E-state index in [9.17, 15) is 20.2 Å². The van der Waals surface area contributed by atoms with E-state index in [0.29, 0.717) is 5.56 Å². The number of rotatable bonds is 5. The average Bonchev–Trinajstić information content (AvgIpc) is 2.56. The van der Waals surface area contributed by atoms with Crippen molar-refractivity contribution in [3.63, 3.8) is 0 Å². The van der Waals surface area contributed by atoms with Crippen LogP contribution in [0.4, 0.5) is 17.1 Å². The molecule has 0 bridgehead atoms. The molecular weight excluding hydrogens is 300 g/mol. The molecule has 0 heterocycles. The lowest BCUT2D eigenvalue weighted by atomic mass is 10.1. The SMILES string of the molecule is C#C/C(=N\Nc1ccc([N+](=O)[O-])cc1[N+](=O)[O-])c1ccccc1. The van der Waals surface area contributed by atoms with Crippen molar-refractivity contribution in [1.82, 2.24) is 0 Å². The van der Waals surface area contributed by atoms with E-state index in [1.165, 1.54) is 6.07 Å². The van der Waals surface area contributed by atoms with Gasteiger partial charge in [0.25, 0.3) is 5.69 Å². The van der Waals surface area contributed by atoms with Crippen LogP contribution in [0.2, 0.25) is 0 Å². The number of anilines is 1. The number of benzene rings is 2. The first-order valence-electron chi connectivity index (χ1n) is 6.31. The van der Waals surface area contributed by atoms with Gasteiger partial charge < -0.3 is 0 Å². The third kappa shape index (κ3) is 3.68. The molecule has 23 heavy (non-hydrogen) atoms. The summed E-state index contributed by atoms with van der Waals surface area (Å²) < 4.78 is 0. The molecule has 0 spiro atoms. The standard InChI is InChI=1S/C15H10N4O4/c1-2-13(11-6-4-3-5-7-11)16-17-14-9-8-12(18(20)21)10-15(14)19(22)23/h1,3-10,17H/b16-13+. The van der Waals surface area contributed by atoms with Crippen LogP contribution in [0.1, 0.15) is 5.56 Å². The van der Waals surface area contributed by atoms with Gasteiger partial charge in [0.05, 0.1) is 15.9 Å². The van der Waals surface area contributed by atoms with Crippen molar-refractivity contribution >= 4 is 22.8 Å². The van der Waals surface area contributed by atoms with Crippen LogP contribution >= 0.6 is 0 Å². The van der Waals surface area contributed by atoms with Crippen molar-refractivity contribution in [2.45, 2.75) is 0 Å². The minimum Gasteiger partial charge on any atom is -0.270 e. The monoisotopic (exact) mass is 310 g/mol. The second kappa shape index (κ2) is 6.82. The van der Waals surface area contributed by atoms with Gasteiger partial charge in [0.1, 0.15) is 11.4 Å². The molecule has 2 rings (SSSR count). The minimum absolute atomic E-state index is 0.00396. The zero-order valence-corrected chi connectivity index (χ0v) is 11.7. The predicted octanol–water partition coefficient (Wildman–Crippen LogP) is 2.95. The molecule has 0 radical (unpaired) electrons. The van der Waals surface area contributed by atoms with Crippen molar-refractivity contribution in [2.24, 2.45) is 5.10 Å². The van der Waals surface area contributed by atoms with Gasteiger partial charge in [-0.05, 0) is 12.0 Å². The fourth-order valence-electron chi connectivity index (χ4n) is 1.77. The molecule has 8 nitrogen and oxygen atoms in total. The lowest BCUT2D eigenvalue weighted by Crippen LogP contribution is -2.03. The van der Waals surface area contributed by atoms with Gasteiger partial charge in [-0.3, -0.25) is 25.7 Å². The highest BCUT2D eigenvalue weighted by Crippen LogP contribution is 2.28. The molecule has 0 aliphatic carbocycles. The molecular formula is C15H10N4O4. The van der Waals surface area contributed by atoms with E-state index >= 15 is 0 Å². The lowest BCUT2D eigenvalue weighted by molar-refractivity contribution is -0.393. The molecule has 0 saturated carbocycles. The van der Waals surface area contributed by atoms with Crippen LogP contribution in [0.3, 0.4) is 0 Å².